The van der Waals surface area contributed by atoms with E-state index in [4.69, 9.17) is 27.6 Å². The molecule has 0 atom stereocenters. The van der Waals surface area contributed by atoms with Crippen molar-refractivity contribution in [3.63, 3.8) is 0 Å². The van der Waals surface area contributed by atoms with Gasteiger partial charge in [-0.1, -0.05) is 23.2 Å². The number of hydrogen-bond acceptors (Lipinski definition) is 4. The standard InChI is InChI=1S/C8H4Cl2N2O.C4H4O/c9-6-4-7(10)12-8(11-6)5-2-1-3-13-5;1-2-4-5-3-1/h1-4H;1-4H. The van der Waals surface area contributed by atoms with Gasteiger partial charge in [0.05, 0.1) is 18.8 Å². The van der Waals surface area contributed by atoms with Crippen LogP contribution in [0.3, 0.4) is 0 Å². The molecule has 0 amide bonds. The highest BCUT2D eigenvalue weighted by Crippen LogP contribution is 2.20. The lowest BCUT2D eigenvalue weighted by atomic mass is 10.4. The lowest BCUT2D eigenvalue weighted by molar-refractivity contribution is 0.567. The Bertz CT molecular complexity index is 543. The third kappa shape index (κ3) is 3.61. The third-order valence-corrected chi connectivity index (χ3v) is 2.22. The molecule has 0 N–H and O–H groups in total. The Balaban J connectivity index is 0.000000202. The normalized spacial score (nSPS) is 9.67. The van der Waals surface area contributed by atoms with Crippen molar-refractivity contribution in [1.82, 2.24) is 9.97 Å². The minimum Gasteiger partial charge on any atom is -0.473 e. The van der Waals surface area contributed by atoms with Gasteiger partial charge in [0, 0.05) is 6.07 Å². The molecule has 3 heterocycles. The van der Waals surface area contributed by atoms with E-state index < -0.39 is 0 Å². The molecule has 3 aromatic rings. The molecular formula is C12H8Cl2N2O2. The van der Waals surface area contributed by atoms with E-state index in [1.807, 2.05) is 12.1 Å². The summed E-state index contributed by atoms with van der Waals surface area (Å²) in [5.41, 5.74) is 0. The predicted molar refractivity (Wildman–Crippen MR) is 68.5 cm³/mol. The second-order valence-electron chi connectivity index (χ2n) is 3.11. The summed E-state index contributed by atoms with van der Waals surface area (Å²) in [6.07, 6.45) is 4.79. The van der Waals surface area contributed by atoms with Gasteiger partial charge in [-0.15, -0.1) is 0 Å². The third-order valence-electron chi connectivity index (χ3n) is 1.83. The van der Waals surface area contributed by atoms with Crippen LogP contribution >= 0.6 is 23.2 Å². The number of hydrogen-bond donors (Lipinski definition) is 0. The van der Waals surface area contributed by atoms with Crippen LogP contribution in [0.2, 0.25) is 10.3 Å². The van der Waals surface area contributed by atoms with Crippen molar-refractivity contribution in [1.29, 1.82) is 0 Å². The molecule has 0 bridgehead atoms. The molecule has 0 radical (unpaired) electrons. The Labute approximate surface area is 113 Å². The van der Waals surface area contributed by atoms with E-state index in [9.17, 15) is 0 Å². The maximum absolute atomic E-state index is 5.69. The Morgan fingerprint density at radius 2 is 1.56 bits per heavy atom. The van der Waals surface area contributed by atoms with E-state index >= 15 is 0 Å². The zero-order valence-corrected chi connectivity index (χ0v) is 10.6. The molecule has 0 fully saturated rings. The Kier molecular flexibility index (Phi) is 4.39. The molecule has 0 saturated carbocycles. The summed E-state index contributed by atoms with van der Waals surface area (Å²) in [6, 6.07) is 8.62. The monoisotopic (exact) mass is 282 g/mol. The minimum absolute atomic E-state index is 0.298. The van der Waals surface area contributed by atoms with Crippen LogP contribution in [0.1, 0.15) is 0 Å². The zero-order valence-electron chi connectivity index (χ0n) is 9.09. The van der Waals surface area contributed by atoms with Crippen LogP contribution < -0.4 is 0 Å². The molecule has 0 saturated heterocycles. The number of nitrogens with zero attached hydrogens (tertiary/aromatic N) is 2. The van der Waals surface area contributed by atoms with Gasteiger partial charge in [-0.05, 0) is 24.3 Å². The molecule has 4 nitrogen and oxygen atoms in total. The fourth-order valence-corrected chi connectivity index (χ4v) is 1.56. The van der Waals surface area contributed by atoms with Gasteiger partial charge in [-0.2, -0.15) is 0 Å². The van der Waals surface area contributed by atoms with E-state index in [-0.39, 0.29) is 0 Å². The smallest absolute Gasteiger partial charge is 0.198 e. The van der Waals surface area contributed by atoms with Crippen molar-refractivity contribution >= 4 is 23.2 Å². The molecule has 3 rings (SSSR count). The Morgan fingerprint density at radius 3 is 2.00 bits per heavy atom. The lowest BCUT2D eigenvalue weighted by Gasteiger charge is -1.96. The first-order chi connectivity index (χ1) is 8.75. The largest absolute Gasteiger partial charge is 0.473 e. The summed E-state index contributed by atoms with van der Waals surface area (Å²) >= 11 is 11.4. The second-order valence-corrected chi connectivity index (χ2v) is 3.88. The van der Waals surface area contributed by atoms with Crippen LogP contribution in [0.15, 0.2) is 58.0 Å². The van der Waals surface area contributed by atoms with E-state index in [1.54, 1.807) is 24.7 Å². The molecule has 0 unspecified atom stereocenters. The van der Waals surface area contributed by atoms with Crippen molar-refractivity contribution in [2.24, 2.45) is 0 Å². The highest BCUT2D eigenvalue weighted by atomic mass is 35.5. The van der Waals surface area contributed by atoms with Gasteiger partial charge >= 0.3 is 0 Å². The maximum Gasteiger partial charge on any atom is 0.198 e. The van der Waals surface area contributed by atoms with Crippen LogP contribution in [0.5, 0.6) is 0 Å². The van der Waals surface area contributed by atoms with Gasteiger partial charge in [0.2, 0.25) is 0 Å². The van der Waals surface area contributed by atoms with Crippen LogP contribution in [0, 0.1) is 0 Å². The molecule has 0 aliphatic heterocycles. The zero-order chi connectivity index (χ0) is 12.8. The van der Waals surface area contributed by atoms with E-state index in [2.05, 4.69) is 14.4 Å². The number of rotatable bonds is 1. The molecule has 3 aromatic heterocycles. The molecular weight excluding hydrogens is 275 g/mol. The van der Waals surface area contributed by atoms with Crippen molar-refractivity contribution in [2.45, 2.75) is 0 Å². The first kappa shape index (κ1) is 12.7. The second kappa shape index (κ2) is 6.23. The van der Waals surface area contributed by atoms with Crippen LogP contribution in [0.25, 0.3) is 11.6 Å². The average molecular weight is 283 g/mol. The van der Waals surface area contributed by atoms with Crippen LogP contribution in [-0.4, -0.2) is 9.97 Å². The van der Waals surface area contributed by atoms with Crippen molar-refractivity contribution in [2.75, 3.05) is 0 Å². The maximum atomic E-state index is 5.69. The van der Waals surface area contributed by atoms with Crippen LogP contribution in [0.4, 0.5) is 0 Å². The fraction of sp³-hybridized carbons (Fsp3) is 0. The van der Waals surface area contributed by atoms with E-state index in [1.165, 1.54) is 12.3 Å². The molecule has 0 aromatic carbocycles. The first-order valence-electron chi connectivity index (χ1n) is 4.97. The van der Waals surface area contributed by atoms with E-state index in [0.29, 0.717) is 21.9 Å². The summed E-state index contributed by atoms with van der Waals surface area (Å²) in [5, 5.41) is 0.595. The quantitative estimate of drug-likeness (QED) is 0.624. The van der Waals surface area contributed by atoms with Gasteiger partial charge in [-0.3, -0.25) is 0 Å². The van der Waals surface area contributed by atoms with Gasteiger partial charge in [-0.25, -0.2) is 9.97 Å². The number of furan rings is 2. The summed E-state index contributed by atoms with van der Waals surface area (Å²) in [7, 11) is 0. The topological polar surface area (TPSA) is 52.1 Å². The molecule has 92 valence electrons. The predicted octanol–water partition coefficient (Wildman–Crippen LogP) is 4.32. The SMILES string of the molecule is Clc1cc(Cl)nc(-c2ccco2)n1.c1ccoc1. The van der Waals surface area contributed by atoms with Crippen LogP contribution in [-0.2, 0) is 0 Å². The summed E-state index contributed by atoms with van der Waals surface area (Å²) in [6.45, 7) is 0. The summed E-state index contributed by atoms with van der Waals surface area (Å²) in [5.74, 6) is 0.937. The number of aromatic nitrogens is 2. The van der Waals surface area contributed by atoms with Gasteiger partial charge in [0.25, 0.3) is 0 Å². The highest BCUT2D eigenvalue weighted by Gasteiger charge is 2.06. The molecule has 0 spiro atoms. The fourth-order valence-electron chi connectivity index (χ4n) is 1.13. The van der Waals surface area contributed by atoms with Gasteiger partial charge in [0.15, 0.2) is 11.6 Å². The lowest BCUT2D eigenvalue weighted by Crippen LogP contribution is -1.87. The Hall–Kier alpha value is -1.78. The van der Waals surface area contributed by atoms with Crippen molar-refractivity contribution in [3.05, 3.63) is 59.4 Å². The van der Waals surface area contributed by atoms with E-state index in [0.717, 1.165) is 0 Å². The molecule has 0 aliphatic carbocycles. The van der Waals surface area contributed by atoms with Gasteiger partial charge in [0.1, 0.15) is 10.3 Å². The minimum atomic E-state index is 0.298. The first-order valence-corrected chi connectivity index (χ1v) is 5.72. The Morgan fingerprint density at radius 1 is 0.889 bits per heavy atom. The average Bonchev–Trinajstić information content (AvgIpc) is 3.05. The highest BCUT2D eigenvalue weighted by molar-refractivity contribution is 6.33. The summed E-state index contributed by atoms with van der Waals surface area (Å²) in [4.78, 5) is 7.91. The summed E-state index contributed by atoms with van der Waals surface area (Å²) < 4.78 is 9.67. The molecule has 6 heteroatoms. The number of halogens is 2. The molecule has 0 aliphatic rings. The van der Waals surface area contributed by atoms with Crippen molar-refractivity contribution in [3.8, 4) is 11.6 Å². The van der Waals surface area contributed by atoms with Crippen molar-refractivity contribution < 1.29 is 8.83 Å². The molecule has 18 heavy (non-hydrogen) atoms. The van der Waals surface area contributed by atoms with Gasteiger partial charge < -0.3 is 8.83 Å².